The molecule has 118 valence electrons. The molecule has 1 aromatic heterocycles. The van der Waals surface area contributed by atoms with Gasteiger partial charge in [0.05, 0.1) is 6.54 Å². The second kappa shape index (κ2) is 6.77. The number of hydrogen-bond acceptors (Lipinski definition) is 5. The minimum Gasteiger partial charge on any atom is -0.340 e. The largest absolute Gasteiger partial charge is 0.340 e. The van der Waals surface area contributed by atoms with Crippen molar-refractivity contribution in [2.24, 2.45) is 0 Å². The van der Waals surface area contributed by atoms with E-state index in [-0.39, 0.29) is 0 Å². The Kier molecular flexibility index (Phi) is 4.76. The number of benzene rings is 1. The molecule has 0 N–H and O–H groups in total. The Morgan fingerprint density at radius 1 is 1.18 bits per heavy atom. The van der Waals surface area contributed by atoms with Crippen LogP contribution in [0.4, 0.5) is 0 Å². The predicted octanol–water partition coefficient (Wildman–Crippen LogP) is 2.91. The van der Waals surface area contributed by atoms with Crippen LogP contribution in [0.25, 0.3) is 0 Å². The maximum Gasteiger partial charge on any atom is 0.223 e. The molecule has 2 heterocycles. The van der Waals surface area contributed by atoms with Crippen LogP contribution in [0.3, 0.4) is 0 Å². The molecule has 1 fully saturated rings. The summed E-state index contributed by atoms with van der Waals surface area (Å²) in [6.45, 7) is 8.96. The molecule has 1 aromatic carbocycles. The number of hydrogen-bond donors (Lipinski definition) is 0. The van der Waals surface area contributed by atoms with Crippen LogP contribution < -0.4 is 0 Å². The Balaban J connectivity index is 1.53. The normalized spacial score (nSPS) is 18.5. The van der Waals surface area contributed by atoms with Crippen molar-refractivity contribution in [3.8, 4) is 0 Å². The van der Waals surface area contributed by atoms with Crippen molar-refractivity contribution >= 4 is 11.6 Å². The van der Waals surface area contributed by atoms with Crippen molar-refractivity contribution in [2.75, 3.05) is 26.2 Å². The van der Waals surface area contributed by atoms with Gasteiger partial charge in [0.15, 0.2) is 5.82 Å². The van der Waals surface area contributed by atoms with Gasteiger partial charge in [-0.05, 0) is 24.6 Å². The molecule has 6 heteroatoms. The van der Waals surface area contributed by atoms with E-state index < -0.39 is 0 Å². The average molecular weight is 321 g/mol. The van der Waals surface area contributed by atoms with Crippen LogP contribution in [0, 0.1) is 6.92 Å². The fourth-order valence-corrected chi connectivity index (χ4v) is 2.99. The molecule has 1 atom stereocenters. The number of piperazine rings is 1. The lowest BCUT2D eigenvalue weighted by Gasteiger charge is -2.37. The lowest BCUT2D eigenvalue weighted by atomic mass is 10.1. The van der Waals surface area contributed by atoms with Gasteiger partial charge < -0.3 is 4.52 Å². The topological polar surface area (TPSA) is 45.4 Å². The zero-order valence-electron chi connectivity index (χ0n) is 13.0. The SMILES string of the molecule is Cc1nc(CN2CCN([C@@H](C)c3ccc(Cl)cc3)CC2)no1. The monoisotopic (exact) mass is 320 g/mol. The highest BCUT2D eigenvalue weighted by Crippen LogP contribution is 2.23. The third kappa shape index (κ3) is 3.66. The van der Waals surface area contributed by atoms with Crippen LogP contribution in [0.1, 0.15) is 30.2 Å². The van der Waals surface area contributed by atoms with Gasteiger partial charge in [-0.2, -0.15) is 4.98 Å². The molecular weight excluding hydrogens is 300 g/mol. The Bertz CT molecular complexity index is 605. The van der Waals surface area contributed by atoms with Gasteiger partial charge >= 0.3 is 0 Å². The predicted molar refractivity (Wildman–Crippen MR) is 85.8 cm³/mol. The summed E-state index contributed by atoms with van der Waals surface area (Å²) in [5.74, 6) is 1.40. The molecule has 0 unspecified atom stereocenters. The molecule has 2 aromatic rings. The summed E-state index contributed by atoms with van der Waals surface area (Å²) in [6, 6.07) is 8.56. The number of nitrogens with zero attached hydrogens (tertiary/aromatic N) is 4. The molecule has 1 aliphatic heterocycles. The van der Waals surface area contributed by atoms with E-state index in [1.807, 2.05) is 19.1 Å². The maximum atomic E-state index is 5.96. The zero-order chi connectivity index (χ0) is 15.5. The average Bonchev–Trinajstić information content (AvgIpc) is 2.93. The molecular formula is C16H21ClN4O. The molecule has 0 radical (unpaired) electrons. The highest BCUT2D eigenvalue weighted by molar-refractivity contribution is 6.30. The third-order valence-corrected chi connectivity index (χ3v) is 4.49. The summed E-state index contributed by atoms with van der Waals surface area (Å²) in [7, 11) is 0. The summed E-state index contributed by atoms with van der Waals surface area (Å²) in [5, 5.41) is 4.75. The van der Waals surface area contributed by atoms with Gasteiger partial charge in [-0.3, -0.25) is 9.80 Å². The minimum atomic E-state index is 0.409. The quantitative estimate of drug-likeness (QED) is 0.866. The van der Waals surface area contributed by atoms with Crippen molar-refractivity contribution in [2.45, 2.75) is 26.4 Å². The minimum absolute atomic E-state index is 0.409. The third-order valence-electron chi connectivity index (χ3n) is 4.24. The molecule has 22 heavy (non-hydrogen) atoms. The molecule has 0 bridgehead atoms. The second-order valence-corrected chi connectivity index (χ2v) is 6.21. The molecule has 1 saturated heterocycles. The lowest BCUT2D eigenvalue weighted by molar-refractivity contribution is 0.0956. The molecule has 3 rings (SSSR count). The Morgan fingerprint density at radius 3 is 2.45 bits per heavy atom. The highest BCUT2D eigenvalue weighted by Gasteiger charge is 2.22. The Hall–Kier alpha value is -1.43. The number of aromatic nitrogens is 2. The fourth-order valence-electron chi connectivity index (χ4n) is 2.87. The van der Waals surface area contributed by atoms with E-state index in [0.29, 0.717) is 11.9 Å². The number of halogens is 1. The van der Waals surface area contributed by atoms with Gasteiger partial charge in [0, 0.05) is 44.2 Å². The van der Waals surface area contributed by atoms with Crippen LogP contribution in [-0.2, 0) is 6.54 Å². The van der Waals surface area contributed by atoms with Crippen molar-refractivity contribution in [1.29, 1.82) is 0 Å². The summed E-state index contributed by atoms with van der Waals surface area (Å²) in [4.78, 5) is 9.14. The van der Waals surface area contributed by atoms with E-state index in [9.17, 15) is 0 Å². The first kappa shape index (κ1) is 15.5. The first-order chi connectivity index (χ1) is 10.6. The van der Waals surface area contributed by atoms with Crippen molar-refractivity contribution in [1.82, 2.24) is 19.9 Å². The van der Waals surface area contributed by atoms with Crippen LogP contribution in [0.15, 0.2) is 28.8 Å². The van der Waals surface area contributed by atoms with E-state index in [2.05, 4.69) is 39.0 Å². The summed E-state index contributed by atoms with van der Waals surface area (Å²) >= 11 is 5.96. The Morgan fingerprint density at radius 2 is 1.86 bits per heavy atom. The maximum absolute atomic E-state index is 5.96. The first-order valence-corrected chi connectivity index (χ1v) is 8.00. The number of aryl methyl sites for hydroxylation is 1. The van der Waals surface area contributed by atoms with E-state index in [0.717, 1.165) is 43.6 Å². The van der Waals surface area contributed by atoms with Gasteiger partial charge in [0.1, 0.15) is 0 Å². The van der Waals surface area contributed by atoms with Crippen LogP contribution in [0.2, 0.25) is 5.02 Å². The molecule has 1 aliphatic rings. The lowest BCUT2D eigenvalue weighted by Crippen LogP contribution is -2.46. The fraction of sp³-hybridized carbons (Fsp3) is 0.500. The molecule has 0 aliphatic carbocycles. The van der Waals surface area contributed by atoms with E-state index in [1.165, 1.54) is 5.56 Å². The van der Waals surface area contributed by atoms with Crippen LogP contribution in [-0.4, -0.2) is 46.1 Å². The van der Waals surface area contributed by atoms with Crippen molar-refractivity contribution < 1.29 is 4.52 Å². The van der Waals surface area contributed by atoms with E-state index in [4.69, 9.17) is 16.1 Å². The molecule has 0 spiro atoms. The van der Waals surface area contributed by atoms with E-state index in [1.54, 1.807) is 0 Å². The smallest absolute Gasteiger partial charge is 0.223 e. The standard InChI is InChI=1S/C16H21ClN4O/c1-12(14-3-5-15(17)6-4-14)21-9-7-20(8-10-21)11-16-18-13(2)22-19-16/h3-6,12H,7-11H2,1-2H3/t12-/m0/s1. The van der Waals surface area contributed by atoms with Gasteiger partial charge in [0.2, 0.25) is 5.89 Å². The first-order valence-electron chi connectivity index (χ1n) is 7.63. The Labute approximate surface area is 135 Å². The highest BCUT2D eigenvalue weighted by atomic mass is 35.5. The second-order valence-electron chi connectivity index (χ2n) is 5.77. The van der Waals surface area contributed by atoms with Gasteiger partial charge in [-0.25, -0.2) is 0 Å². The van der Waals surface area contributed by atoms with E-state index >= 15 is 0 Å². The zero-order valence-corrected chi connectivity index (χ0v) is 13.8. The van der Waals surface area contributed by atoms with Crippen molar-refractivity contribution in [3.05, 3.63) is 46.6 Å². The van der Waals surface area contributed by atoms with Crippen molar-refractivity contribution in [3.63, 3.8) is 0 Å². The number of rotatable bonds is 4. The van der Waals surface area contributed by atoms with Gasteiger partial charge in [-0.15, -0.1) is 0 Å². The van der Waals surface area contributed by atoms with Crippen LogP contribution >= 0.6 is 11.6 Å². The molecule has 0 amide bonds. The van der Waals surface area contributed by atoms with Gasteiger partial charge in [-0.1, -0.05) is 28.9 Å². The molecule has 0 saturated carbocycles. The summed E-state index contributed by atoms with van der Waals surface area (Å²) in [5.41, 5.74) is 1.31. The summed E-state index contributed by atoms with van der Waals surface area (Å²) < 4.78 is 5.02. The molecule has 5 nitrogen and oxygen atoms in total. The summed E-state index contributed by atoms with van der Waals surface area (Å²) in [6.07, 6.45) is 0. The van der Waals surface area contributed by atoms with Gasteiger partial charge in [0.25, 0.3) is 0 Å². The van der Waals surface area contributed by atoms with Crippen LogP contribution in [0.5, 0.6) is 0 Å².